The van der Waals surface area contributed by atoms with Crippen LogP contribution in [0.15, 0.2) is 0 Å². The van der Waals surface area contributed by atoms with Gasteiger partial charge in [-0.15, -0.1) is 0 Å². The van der Waals surface area contributed by atoms with E-state index in [-0.39, 0.29) is 10.1 Å². The lowest BCUT2D eigenvalue weighted by Crippen LogP contribution is -2.64. The molecule has 3 heteroatoms. The van der Waals surface area contributed by atoms with E-state index in [0.717, 1.165) is 25.7 Å². The molecule has 0 heterocycles. The van der Waals surface area contributed by atoms with Crippen molar-refractivity contribution in [3.63, 3.8) is 0 Å². The Morgan fingerprint density at radius 2 is 0.800 bits per heavy atom. The fourth-order valence-corrected chi connectivity index (χ4v) is 13.2. The van der Waals surface area contributed by atoms with Gasteiger partial charge in [0.2, 0.25) is 0 Å². The second-order valence-electron chi connectivity index (χ2n) is 7.78. The molecule has 0 saturated carbocycles. The van der Waals surface area contributed by atoms with Crippen molar-refractivity contribution in [2.24, 2.45) is 11.8 Å². The average molecular weight is 373 g/mol. The van der Waals surface area contributed by atoms with E-state index in [9.17, 15) is 0 Å². The first-order valence-electron chi connectivity index (χ1n) is 11.0. The predicted octanol–water partition coefficient (Wildman–Crippen LogP) is 7.71. The van der Waals surface area contributed by atoms with Crippen LogP contribution in [0.2, 0.25) is 10.1 Å². The van der Waals surface area contributed by atoms with Crippen LogP contribution in [0.25, 0.3) is 0 Å². The Bertz CT molecular complexity index is 306. The van der Waals surface area contributed by atoms with Crippen molar-refractivity contribution < 1.29 is 8.85 Å². The molecule has 25 heavy (non-hydrogen) atoms. The first-order valence-corrected chi connectivity index (χ1v) is 12.8. The van der Waals surface area contributed by atoms with E-state index in [2.05, 4.69) is 55.4 Å². The monoisotopic (exact) mass is 372 g/mol. The van der Waals surface area contributed by atoms with Crippen molar-refractivity contribution >= 4 is 8.56 Å². The Morgan fingerprint density at radius 1 is 0.560 bits per heavy atom. The lowest BCUT2D eigenvalue weighted by molar-refractivity contribution is 0.0986. The van der Waals surface area contributed by atoms with E-state index >= 15 is 0 Å². The summed E-state index contributed by atoms with van der Waals surface area (Å²) in [5, 5.41) is 0.350. The molecule has 0 N–H and O–H groups in total. The summed E-state index contributed by atoms with van der Waals surface area (Å²) >= 11 is 0. The van der Waals surface area contributed by atoms with Crippen LogP contribution in [0.4, 0.5) is 0 Å². The highest BCUT2D eigenvalue weighted by molar-refractivity contribution is 6.74. The molecule has 0 unspecified atom stereocenters. The Kier molecular flexibility index (Phi) is 11.1. The van der Waals surface area contributed by atoms with Gasteiger partial charge in [0.05, 0.1) is 0 Å². The zero-order valence-electron chi connectivity index (χ0n) is 19.1. The SMILES string of the molecule is CCC(CC)C(CC)(CC)[Si](OC)(OC)C(CC)(CC)C(CC)CC. The third-order valence-electron chi connectivity index (χ3n) is 7.94. The summed E-state index contributed by atoms with van der Waals surface area (Å²) in [7, 11) is 1.40. The van der Waals surface area contributed by atoms with Gasteiger partial charge in [-0.3, -0.25) is 0 Å². The molecular weight excluding hydrogens is 324 g/mol. The van der Waals surface area contributed by atoms with Crippen LogP contribution in [0.5, 0.6) is 0 Å². The molecule has 0 saturated heterocycles. The van der Waals surface area contributed by atoms with Crippen molar-refractivity contribution in [3.8, 4) is 0 Å². The van der Waals surface area contributed by atoms with Crippen molar-refractivity contribution in [1.82, 2.24) is 0 Å². The van der Waals surface area contributed by atoms with Gasteiger partial charge in [-0.25, -0.2) is 0 Å². The molecule has 0 aliphatic carbocycles. The molecule has 0 aromatic rings. The minimum Gasteiger partial charge on any atom is -0.397 e. The van der Waals surface area contributed by atoms with Gasteiger partial charge in [-0.2, -0.15) is 0 Å². The number of hydrogen-bond acceptors (Lipinski definition) is 2. The summed E-state index contributed by atoms with van der Waals surface area (Å²) in [5.41, 5.74) is 0. The van der Waals surface area contributed by atoms with E-state index in [1.54, 1.807) is 0 Å². The largest absolute Gasteiger partial charge is 0.397 e. The Balaban J connectivity index is 6.85. The highest BCUT2D eigenvalue weighted by Crippen LogP contribution is 2.67. The quantitative estimate of drug-likeness (QED) is 0.291. The topological polar surface area (TPSA) is 18.5 Å². The van der Waals surface area contributed by atoms with Crippen molar-refractivity contribution in [2.75, 3.05) is 14.2 Å². The fourth-order valence-electron chi connectivity index (χ4n) is 6.66. The van der Waals surface area contributed by atoms with Crippen molar-refractivity contribution in [3.05, 3.63) is 0 Å². The zero-order valence-corrected chi connectivity index (χ0v) is 20.1. The van der Waals surface area contributed by atoms with Crippen LogP contribution in [-0.2, 0) is 8.85 Å². The minimum atomic E-state index is -2.51. The first kappa shape index (κ1) is 25.1. The molecule has 0 fully saturated rings. The smallest absolute Gasteiger partial charge is 0.350 e. The molecule has 0 aromatic heterocycles. The van der Waals surface area contributed by atoms with Crippen LogP contribution >= 0.6 is 0 Å². The van der Waals surface area contributed by atoms with Gasteiger partial charge in [-0.05, 0) is 37.5 Å². The van der Waals surface area contributed by atoms with Crippen LogP contribution in [0.3, 0.4) is 0 Å². The van der Waals surface area contributed by atoms with Gasteiger partial charge >= 0.3 is 8.56 Å². The lowest BCUT2D eigenvalue weighted by Gasteiger charge is -2.60. The van der Waals surface area contributed by atoms with Gasteiger partial charge in [0.25, 0.3) is 0 Å². The average Bonchev–Trinajstić information content (AvgIpc) is 2.67. The highest BCUT2D eigenvalue weighted by atomic mass is 28.4. The second kappa shape index (κ2) is 11.1. The molecular formula is C22H48O2Si. The second-order valence-corrected chi connectivity index (χ2v) is 11.8. The Morgan fingerprint density at radius 3 is 0.920 bits per heavy atom. The molecule has 0 rings (SSSR count). The van der Waals surface area contributed by atoms with E-state index in [0.29, 0.717) is 11.8 Å². The summed E-state index contributed by atoms with van der Waals surface area (Å²) in [5.74, 6) is 1.34. The molecule has 0 bridgehead atoms. The number of rotatable bonds is 14. The molecule has 0 atom stereocenters. The highest BCUT2D eigenvalue weighted by Gasteiger charge is 2.68. The van der Waals surface area contributed by atoms with E-state index in [4.69, 9.17) is 8.85 Å². The first-order chi connectivity index (χ1) is 11.9. The Hall–Kier alpha value is 0.137. The van der Waals surface area contributed by atoms with Crippen molar-refractivity contribution in [1.29, 1.82) is 0 Å². The summed E-state index contributed by atoms with van der Waals surface area (Å²) in [4.78, 5) is 0. The maximum absolute atomic E-state index is 6.67. The third-order valence-corrected chi connectivity index (χ3v) is 13.9. The fraction of sp³-hybridized carbons (Fsp3) is 1.00. The van der Waals surface area contributed by atoms with Crippen LogP contribution in [-0.4, -0.2) is 22.8 Å². The van der Waals surface area contributed by atoms with Crippen LogP contribution < -0.4 is 0 Å². The lowest BCUT2D eigenvalue weighted by atomic mass is 9.81. The summed E-state index contributed by atoms with van der Waals surface area (Å²) < 4.78 is 13.3. The van der Waals surface area contributed by atoms with E-state index < -0.39 is 8.56 Å². The molecule has 0 radical (unpaired) electrons. The molecule has 0 aliphatic rings. The van der Waals surface area contributed by atoms with Crippen LogP contribution in [0, 0.1) is 11.8 Å². The molecule has 152 valence electrons. The van der Waals surface area contributed by atoms with Crippen LogP contribution in [0.1, 0.15) is 107 Å². The summed E-state index contributed by atoms with van der Waals surface area (Å²) in [6, 6.07) is 0. The molecule has 0 amide bonds. The molecule has 2 nitrogen and oxygen atoms in total. The van der Waals surface area contributed by atoms with E-state index in [1.807, 2.05) is 14.2 Å². The predicted molar refractivity (Wildman–Crippen MR) is 114 cm³/mol. The molecule has 0 aliphatic heterocycles. The van der Waals surface area contributed by atoms with E-state index in [1.165, 1.54) is 25.7 Å². The van der Waals surface area contributed by atoms with Gasteiger partial charge in [-0.1, -0.05) is 81.1 Å². The summed E-state index contributed by atoms with van der Waals surface area (Å²) in [6.07, 6.45) is 9.49. The van der Waals surface area contributed by atoms with Crippen molar-refractivity contribution in [2.45, 2.75) is 117 Å². The normalized spacial score (nSPS) is 13.9. The minimum absolute atomic E-state index is 0.175. The maximum Gasteiger partial charge on any atom is 0.350 e. The third kappa shape index (κ3) is 3.75. The van der Waals surface area contributed by atoms with Gasteiger partial charge < -0.3 is 8.85 Å². The summed E-state index contributed by atoms with van der Waals surface area (Å²) in [6.45, 7) is 18.9. The zero-order chi connectivity index (χ0) is 19.7. The van der Waals surface area contributed by atoms with Gasteiger partial charge in [0, 0.05) is 24.3 Å². The number of hydrogen-bond donors (Lipinski definition) is 0. The standard InChI is InChI=1S/C22H48O2Si/c1-11-19(12-2)21(15-5,16-6)25(23-9,24-10)22(17-7,18-8)20(13-3)14-4/h19-20H,11-18H2,1-10H3. The molecule has 0 aromatic carbocycles. The maximum atomic E-state index is 6.67. The molecule has 0 spiro atoms. The Labute approximate surface area is 160 Å². The van der Waals surface area contributed by atoms with Gasteiger partial charge in [0.15, 0.2) is 0 Å². The van der Waals surface area contributed by atoms with Gasteiger partial charge in [0.1, 0.15) is 0 Å².